The molecule has 0 spiro atoms. The van der Waals surface area contributed by atoms with Gasteiger partial charge in [0.25, 0.3) is 0 Å². The Labute approximate surface area is 126 Å². The van der Waals surface area contributed by atoms with E-state index in [1.54, 1.807) is 4.90 Å². The Morgan fingerprint density at radius 3 is 2.62 bits per heavy atom. The smallest absolute Gasteiger partial charge is 0.240 e. The van der Waals surface area contributed by atoms with Gasteiger partial charge < -0.3 is 10.6 Å². The van der Waals surface area contributed by atoms with Crippen LogP contribution in [0.1, 0.15) is 37.3 Å². The van der Waals surface area contributed by atoms with Crippen molar-refractivity contribution in [2.75, 3.05) is 6.54 Å². The Bertz CT molecular complexity index is 510. The molecule has 1 heterocycles. The maximum absolute atomic E-state index is 12.2. The van der Waals surface area contributed by atoms with Crippen LogP contribution in [-0.2, 0) is 16.0 Å². The number of likely N-dealkylation sites (tertiary alicyclic amines) is 1. The van der Waals surface area contributed by atoms with Crippen molar-refractivity contribution in [1.82, 2.24) is 4.90 Å². The van der Waals surface area contributed by atoms with Crippen molar-refractivity contribution in [1.29, 1.82) is 0 Å². The van der Waals surface area contributed by atoms with Gasteiger partial charge in [-0.2, -0.15) is 0 Å². The van der Waals surface area contributed by atoms with E-state index in [1.165, 1.54) is 5.56 Å². The molecule has 2 N–H and O–H groups in total. The number of amides is 2. The van der Waals surface area contributed by atoms with Gasteiger partial charge in [-0.15, -0.1) is 0 Å². The minimum Gasteiger partial charge on any atom is -0.368 e. The van der Waals surface area contributed by atoms with E-state index in [9.17, 15) is 9.59 Å². The molecule has 1 fully saturated rings. The van der Waals surface area contributed by atoms with E-state index in [2.05, 4.69) is 6.92 Å². The fourth-order valence-electron chi connectivity index (χ4n) is 3.02. The molecular formula is C17H24N2O2. The van der Waals surface area contributed by atoms with Crippen molar-refractivity contribution in [3.63, 3.8) is 0 Å². The van der Waals surface area contributed by atoms with E-state index in [0.717, 1.165) is 18.4 Å². The van der Waals surface area contributed by atoms with Crippen molar-refractivity contribution in [2.24, 2.45) is 11.7 Å². The number of nitrogens with zero attached hydrogens (tertiary/aromatic N) is 1. The summed E-state index contributed by atoms with van der Waals surface area (Å²) in [5.41, 5.74) is 7.76. The first-order valence-corrected chi connectivity index (χ1v) is 7.65. The number of rotatable bonds is 6. The van der Waals surface area contributed by atoms with Crippen molar-refractivity contribution in [3.05, 3.63) is 35.4 Å². The van der Waals surface area contributed by atoms with Gasteiger partial charge in [-0.1, -0.05) is 43.2 Å². The maximum Gasteiger partial charge on any atom is 0.240 e. The van der Waals surface area contributed by atoms with Gasteiger partial charge in [0.05, 0.1) is 0 Å². The second-order valence-electron chi connectivity index (χ2n) is 6.01. The van der Waals surface area contributed by atoms with Crippen LogP contribution in [0.4, 0.5) is 0 Å². The predicted molar refractivity (Wildman–Crippen MR) is 82.6 cm³/mol. The number of carbonyl (C=O) groups excluding carboxylic acids is 2. The zero-order valence-electron chi connectivity index (χ0n) is 12.8. The highest BCUT2D eigenvalue weighted by Crippen LogP contribution is 2.25. The SMILES string of the molecule is CCCC1CC(=O)N(C(Cc2ccc(C)cc2)C(N)=O)C1. The van der Waals surface area contributed by atoms with Gasteiger partial charge in [0.15, 0.2) is 0 Å². The first-order chi connectivity index (χ1) is 10.0. The van der Waals surface area contributed by atoms with Crippen LogP contribution < -0.4 is 5.73 Å². The third-order valence-electron chi connectivity index (χ3n) is 4.19. The van der Waals surface area contributed by atoms with Crippen LogP contribution in [0.3, 0.4) is 0 Å². The minimum atomic E-state index is -0.526. The number of primary amides is 1. The van der Waals surface area contributed by atoms with E-state index in [0.29, 0.717) is 25.3 Å². The fourth-order valence-corrected chi connectivity index (χ4v) is 3.02. The molecule has 2 amide bonds. The number of hydrogen-bond donors (Lipinski definition) is 1. The lowest BCUT2D eigenvalue weighted by atomic mass is 10.0. The molecule has 4 heteroatoms. The Hall–Kier alpha value is -1.84. The molecule has 0 radical (unpaired) electrons. The highest BCUT2D eigenvalue weighted by Gasteiger charge is 2.36. The van der Waals surface area contributed by atoms with E-state index < -0.39 is 11.9 Å². The van der Waals surface area contributed by atoms with Crippen LogP contribution >= 0.6 is 0 Å². The number of aryl methyl sites for hydroxylation is 1. The molecule has 2 unspecified atom stereocenters. The Balaban J connectivity index is 2.10. The normalized spacial score (nSPS) is 19.8. The Kier molecular flexibility index (Phi) is 4.99. The summed E-state index contributed by atoms with van der Waals surface area (Å²) in [7, 11) is 0. The van der Waals surface area contributed by atoms with E-state index in [-0.39, 0.29) is 5.91 Å². The van der Waals surface area contributed by atoms with Crippen LogP contribution in [0.25, 0.3) is 0 Å². The molecular weight excluding hydrogens is 264 g/mol. The molecule has 114 valence electrons. The molecule has 1 aliphatic heterocycles. The van der Waals surface area contributed by atoms with Gasteiger partial charge in [0.1, 0.15) is 6.04 Å². The lowest BCUT2D eigenvalue weighted by Gasteiger charge is -2.26. The standard InChI is InChI=1S/C17H24N2O2/c1-3-4-14-10-16(20)19(11-14)15(17(18)21)9-13-7-5-12(2)6-8-13/h5-8,14-15H,3-4,9-11H2,1-2H3,(H2,18,21). The zero-order valence-corrected chi connectivity index (χ0v) is 12.8. The largest absolute Gasteiger partial charge is 0.368 e. The third-order valence-corrected chi connectivity index (χ3v) is 4.19. The Morgan fingerprint density at radius 1 is 1.38 bits per heavy atom. The van der Waals surface area contributed by atoms with Crippen LogP contribution in [0.15, 0.2) is 24.3 Å². The minimum absolute atomic E-state index is 0.0596. The van der Waals surface area contributed by atoms with E-state index >= 15 is 0 Å². The van der Waals surface area contributed by atoms with Gasteiger partial charge in [-0.3, -0.25) is 9.59 Å². The highest BCUT2D eigenvalue weighted by atomic mass is 16.2. The maximum atomic E-state index is 12.2. The predicted octanol–water partition coefficient (Wildman–Crippen LogP) is 2.04. The lowest BCUT2D eigenvalue weighted by molar-refractivity contribution is -0.136. The summed E-state index contributed by atoms with van der Waals surface area (Å²) in [6.45, 7) is 4.80. The summed E-state index contributed by atoms with van der Waals surface area (Å²) >= 11 is 0. The summed E-state index contributed by atoms with van der Waals surface area (Å²) in [6, 6.07) is 7.49. The van der Waals surface area contributed by atoms with Gasteiger partial charge >= 0.3 is 0 Å². The fraction of sp³-hybridized carbons (Fsp3) is 0.529. The monoisotopic (exact) mass is 288 g/mol. The van der Waals surface area contributed by atoms with Crippen molar-refractivity contribution in [2.45, 2.75) is 45.6 Å². The molecule has 0 saturated carbocycles. The molecule has 1 aliphatic rings. The molecule has 1 aromatic rings. The van der Waals surface area contributed by atoms with Crippen LogP contribution in [0.2, 0.25) is 0 Å². The molecule has 2 atom stereocenters. The topological polar surface area (TPSA) is 63.4 Å². The third kappa shape index (κ3) is 3.84. The molecule has 1 saturated heterocycles. The Morgan fingerprint density at radius 2 is 2.05 bits per heavy atom. The summed E-state index contributed by atoms with van der Waals surface area (Å²) in [6.07, 6.45) is 3.13. The van der Waals surface area contributed by atoms with E-state index in [1.807, 2.05) is 31.2 Å². The first-order valence-electron chi connectivity index (χ1n) is 7.65. The quantitative estimate of drug-likeness (QED) is 0.870. The zero-order chi connectivity index (χ0) is 15.4. The summed E-state index contributed by atoms with van der Waals surface area (Å²) in [4.78, 5) is 25.6. The average molecular weight is 288 g/mol. The number of nitrogens with two attached hydrogens (primary N) is 1. The summed E-state index contributed by atoms with van der Waals surface area (Å²) in [5.74, 6) is 0.00722. The number of benzene rings is 1. The van der Waals surface area contributed by atoms with Crippen LogP contribution in [0, 0.1) is 12.8 Å². The molecule has 0 bridgehead atoms. The van der Waals surface area contributed by atoms with Gasteiger partial charge in [-0.25, -0.2) is 0 Å². The van der Waals surface area contributed by atoms with Crippen molar-refractivity contribution in [3.8, 4) is 0 Å². The average Bonchev–Trinajstić information content (AvgIpc) is 2.79. The number of hydrogen-bond acceptors (Lipinski definition) is 2. The second kappa shape index (κ2) is 6.74. The molecule has 0 aromatic heterocycles. The van der Waals surface area contributed by atoms with Crippen LogP contribution in [0.5, 0.6) is 0 Å². The molecule has 2 rings (SSSR count). The lowest BCUT2D eigenvalue weighted by Crippen LogP contribution is -2.47. The van der Waals surface area contributed by atoms with Crippen molar-refractivity contribution >= 4 is 11.8 Å². The van der Waals surface area contributed by atoms with Crippen molar-refractivity contribution < 1.29 is 9.59 Å². The molecule has 4 nitrogen and oxygen atoms in total. The number of carbonyl (C=O) groups is 2. The first kappa shape index (κ1) is 15.5. The second-order valence-corrected chi connectivity index (χ2v) is 6.01. The van der Waals surface area contributed by atoms with Gasteiger partial charge in [-0.05, 0) is 24.8 Å². The van der Waals surface area contributed by atoms with Gasteiger partial charge in [0, 0.05) is 19.4 Å². The molecule has 21 heavy (non-hydrogen) atoms. The molecule has 1 aromatic carbocycles. The van der Waals surface area contributed by atoms with Crippen LogP contribution in [-0.4, -0.2) is 29.3 Å². The highest BCUT2D eigenvalue weighted by molar-refractivity contribution is 5.88. The van der Waals surface area contributed by atoms with Gasteiger partial charge in [0.2, 0.25) is 11.8 Å². The van der Waals surface area contributed by atoms with E-state index in [4.69, 9.17) is 5.73 Å². The summed E-state index contributed by atoms with van der Waals surface area (Å²) in [5, 5.41) is 0. The summed E-state index contributed by atoms with van der Waals surface area (Å²) < 4.78 is 0. The molecule has 0 aliphatic carbocycles.